The molecule has 2 aromatic rings. The summed E-state index contributed by atoms with van der Waals surface area (Å²) in [4.78, 5) is 0. The fraction of sp³-hybridized carbons (Fsp3) is 0.250. The number of halogens is 2. The normalized spacial score (nSPS) is 14.6. The highest BCUT2D eigenvalue weighted by Gasteiger charge is 2.15. The lowest BCUT2D eigenvalue weighted by Crippen LogP contribution is -2.16. The van der Waals surface area contributed by atoms with Crippen LogP contribution < -0.4 is 14.8 Å². The molecule has 1 atom stereocenters. The van der Waals surface area contributed by atoms with E-state index in [4.69, 9.17) is 32.7 Å². The first-order chi connectivity index (χ1) is 10.1. The zero-order valence-electron chi connectivity index (χ0n) is 11.5. The molecule has 3 nitrogen and oxygen atoms in total. The number of hydrogen-bond acceptors (Lipinski definition) is 3. The molecular formula is C16H15Cl2NO2. The van der Waals surface area contributed by atoms with Crippen LogP contribution in [0, 0.1) is 0 Å². The van der Waals surface area contributed by atoms with Crippen molar-refractivity contribution in [3.63, 3.8) is 0 Å². The molecule has 0 saturated heterocycles. The Morgan fingerprint density at radius 1 is 1.00 bits per heavy atom. The molecule has 0 amide bonds. The number of benzene rings is 2. The first kappa shape index (κ1) is 14.4. The summed E-state index contributed by atoms with van der Waals surface area (Å²) in [5, 5.41) is 4.60. The molecule has 0 aromatic heterocycles. The van der Waals surface area contributed by atoms with Gasteiger partial charge in [0.05, 0.1) is 10.7 Å². The number of hydrogen-bond donors (Lipinski definition) is 1. The van der Waals surface area contributed by atoms with Gasteiger partial charge in [-0.25, -0.2) is 0 Å². The Kier molecular flexibility index (Phi) is 4.13. The van der Waals surface area contributed by atoms with E-state index in [0.29, 0.717) is 23.3 Å². The SMILES string of the molecule is CC(Nc1ccc(Cl)cc1Cl)c1ccc2c(c1)OCCO2. The van der Waals surface area contributed by atoms with Crippen LogP contribution in [0.25, 0.3) is 0 Å². The monoisotopic (exact) mass is 323 g/mol. The van der Waals surface area contributed by atoms with Gasteiger partial charge in [-0.1, -0.05) is 29.3 Å². The molecule has 1 aliphatic heterocycles. The Morgan fingerprint density at radius 3 is 2.52 bits per heavy atom. The molecule has 1 aliphatic rings. The summed E-state index contributed by atoms with van der Waals surface area (Å²) >= 11 is 12.1. The van der Waals surface area contributed by atoms with Gasteiger partial charge in [0.1, 0.15) is 13.2 Å². The predicted octanol–water partition coefficient (Wildman–Crippen LogP) is 4.94. The fourth-order valence-electron chi connectivity index (χ4n) is 2.25. The Morgan fingerprint density at radius 2 is 1.76 bits per heavy atom. The van der Waals surface area contributed by atoms with Crippen molar-refractivity contribution < 1.29 is 9.47 Å². The summed E-state index contributed by atoms with van der Waals surface area (Å²) in [5.41, 5.74) is 1.95. The maximum atomic E-state index is 6.18. The van der Waals surface area contributed by atoms with Gasteiger partial charge in [0, 0.05) is 11.1 Å². The van der Waals surface area contributed by atoms with Gasteiger partial charge in [-0.05, 0) is 42.8 Å². The highest BCUT2D eigenvalue weighted by Crippen LogP contribution is 2.34. The number of fused-ring (bicyclic) bond motifs is 1. The van der Waals surface area contributed by atoms with E-state index in [1.807, 2.05) is 30.3 Å². The van der Waals surface area contributed by atoms with Crippen LogP contribution >= 0.6 is 23.2 Å². The van der Waals surface area contributed by atoms with Crippen molar-refractivity contribution in [3.8, 4) is 11.5 Å². The van der Waals surface area contributed by atoms with Crippen molar-refractivity contribution in [1.82, 2.24) is 0 Å². The molecule has 0 spiro atoms. The topological polar surface area (TPSA) is 30.5 Å². The van der Waals surface area contributed by atoms with Gasteiger partial charge in [-0.2, -0.15) is 0 Å². The second kappa shape index (κ2) is 6.04. The zero-order chi connectivity index (χ0) is 14.8. The van der Waals surface area contributed by atoms with Crippen LogP contribution in [0.5, 0.6) is 11.5 Å². The highest BCUT2D eigenvalue weighted by atomic mass is 35.5. The second-order valence-corrected chi connectivity index (χ2v) is 5.74. The maximum absolute atomic E-state index is 6.18. The third kappa shape index (κ3) is 3.20. The lowest BCUT2D eigenvalue weighted by Gasteiger charge is -2.22. The summed E-state index contributed by atoms with van der Waals surface area (Å²) in [6.07, 6.45) is 0. The van der Waals surface area contributed by atoms with Crippen molar-refractivity contribution in [2.45, 2.75) is 13.0 Å². The minimum absolute atomic E-state index is 0.0829. The van der Waals surface area contributed by atoms with Gasteiger partial charge in [0.15, 0.2) is 11.5 Å². The highest BCUT2D eigenvalue weighted by molar-refractivity contribution is 6.36. The van der Waals surface area contributed by atoms with Gasteiger partial charge < -0.3 is 14.8 Å². The average Bonchev–Trinajstić information content (AvgIpc) is 2.49. The lowest BCUT2D eigenvalue weighted by molar-refractivity contribution is 0.171. The van der Waals surface area contributed by atoms with Crippen molar-refractivity contribution in [2.75, 3.05) is 18.5 Å². The minimum Gasteiger partial charge on any atom is -0.486 e. The summed E-state index contributed by atoms with van der Waals surface area (Å²) in [6, 6.07) is 11.4. The van der Waals surface area contributed by atoms with Crippen molar-refractivity contribution in [3.05, 3.63) is 52.0 Å². The number of ether oxygens (including phenoxy) is 2. The van der Waals surface area contributed by atoms with E-state index in [2.05, 4.69) is 12.2 Å². The van der Waals surface area contributed by atoms with E-state index < -0.39 is 0 Å². The first-order valence-corrected chi connectivity index (χ1v) is 7.50. The van der Waals surface area contributed by atoms with E-state index in [1.54, 1.807) is 6.07 Å². The Balaban J connectivity index is 1.80. The molecule has 21 heavy (non-hydrogen) atoms. The van der Waals surface area contributed by atoms with E-state index in [9.17, 15) is 0 Å². The Hall–Kier alpha value is -1.58. The first-order valence-electron chi connectivity index (χ1n) is 6.74. The summed E-state index contributed by atoms with van der Waals surface area (Å²) in [6.45, 7) is 3.25. The number of rotatable bonds is 3. The molecular weight excluding hydrogens is 309 g/mol. The van der Waals surface area contributed by atoms with E-state index in [1.165, 1.54) is 0 Å². The summed E-state index contributed by atoms with van der Waals surface area (Å²) in [7, 11) is 0. The van der Waals surface area contributed by atoms with Crippen molar-refractivity contribution in [2.24, 2.45) is 0 Å². The Labute approximate surface area is 133 Å². The van der Waals surface area contributed by atoms with Gasteiger partial charge in [-0.3, -0.25) is 0 Å². The summed E-state index contributed by atoms with van der Waals surface area (Å²) < 4.78 is 11.1. The summed E-state index contributed by atoms with van der Waals surface area (Å²) in [5.74, 6) is 1.58. The van der Waals surface area contributed by atoms with Crippen LogP contribution in [0.2, 0.25) is 10.0 Å². The van der Waals surface area contributed by atoms with E-state index in [-0.39, 0.29) is 6.04 Å². The third-order valence-electron chi connectivity index (χ3n) is 3.37. The number of nitrogens with one attached hydrogen (secondary N) is 1. The predicted molar refractivity (Wildman–Crippen MR) is 85.9 cm³/mol. The zero-order valence-corrected chi connectivity index (χ0v) is 13.0. The van der Waals surface area contributed by atoms with Crippen LogP contribution in [0.4, 0.5) is 5.69 Å². The van der Waals surface area contributed by atoms with Gasteiger partial charge in [-0.15, -0.1) is 0 Å². The lowest BCUT2D eigenvalue weighted by atomic mass is 10.1. The second-order valence-electron chi connectivity index (χ2n) is 4.89. The molecule has 0 aliphatic carbocycles. The molecule has 0 saturated carbocycles. The van der Waals surface area contributed by atoms with Crippen LogP contribution in [-0.2, 0) is 0 Å². The maximum Gasteiger partial charge on any atom is 0.161 e. The van der Waals surface area contributed by atoms with Crippen molar-refractivity contribution in [1.29, 1.82) is 0 Å². The fourth-order valence-corrected chi connectivity index (χ4v) is 2.72. The van der Waals surface area contributed by atoms with Crippen LogP contribution in [0.3, 0.4) is 0 Å². The Bertz CT molecular complexity index is 661. The smallest absolute Gasteiger partial charge is 0.161 e. The standard InChI is InChI=1S/C16H15Cl2NO2/c1-10(19-14-4-3-12(17)9-13(14)18)11-2-5-15-16(8-11)21-7-6-20-15/h2-5,8-10,19H,6-7H2,1H3. The van der Waals surface area contributed by atoms with Crippen LogP contribution in [0.1, 0.15) is 18.5 Å². The third-order valence-corrected chi connectivity index (χ3v) is 3.92. The molecule has 5 heteroatoms. The molecule has 110 valence electrons. The van der Waals surface area contributed by atoms with Gasteiger partial charge >= 0.3 is 0 Å². The molecule has 1 unspecified atom stereocenters. The van der Waals surface area contributed by atoms with Crippen LogP contribution in [-0.4, -0.2) is 13.2 Å². The average molecular weight is 324 g/mol. The quantitative estimate of drug-likeness (QED) is 0.868. The molecule has 0 bridgehead atoms. The molecule has 2 aromatic carbocycles. The molecule has 1 heterocycles. The largest absolute Gasteiger partial charge is 0.486 e. The van der Waals surface area contributed by atoms with E-state index >= 15 is 0 Å². The van der Waals surface area contributed by atoms with E-state index in [0.717, 1.165) is 22.7 Å². The van der Waals surface area contributed by atoms with Crippen LogP contribution in [0.15, 0.2) is 36.4 Å². The van der Waals surface area contributed by atoms with Gasteiger partial charge in [0.25, 0.3) is 0 Å². The van der Waals surface area contributed by atoms with Gasteiger partial charge in [0.2, 0.25) is 0 Å². The molecule has 3 rings (SSSR count). The minimum atomic E-state index is 0.0829. The number of anilines is 1. The molecule has 0 fully saturated rings. The van der Waals surface area contributed by atoms with Crippen molar-refractivity contribution >= 4 is 28.9 Å². The molecule has 1 N–H and O–H groups in total. The molecule has 0 radical (unpaired) electrons.